The van der Waals surface area contributed by atoms with Gasteiger partial charge in [0.15, 0.2) is 0 Å². The number of fused-ring (bicyclic) bond motifs is 1. The Morgan fingerprint density at radius 1 is 1.45 bits per heavy atom. The summed E-state index contributed by atoms with van der Waals surface area (Å²) < 4.78 is 0. The molecular weight excluding hydrogens is 248 g/mol. The number of benzene rings is 1. The van der Waals surface area contributed by atoms with E-state index in [4.69, 9.17) is 5.73 Å². The first kappa shape index (κ1) is 15.0. The van der Waals surface area contributed by atoms with E-state index in [-0.39, 0.29) is 11.8 Å². The maximum absolute atomic E-state index is 11.5. The first-order chi connectivity index (χ1) is 9.52. The molecule has 1 aliphatic carbocycles. The van der Waals surface area contributed by atoms with E-state index in [1.165, 1.54) is 11.1 Å². The molecule has 1 aliphatic rings. The fourth-order valence-corrected chi connectivity index (χ4v) is 3.16. The van der Waals surface area contributed by atoms with Crippen LogP contribution in [0.4, 0.5) is 0 Å². The summed E-state index contributed by atoms with van der Waals surface area (Å²) in [7, 11) is 0. The van der Waals surface area contributed by atoms with Gasteiger partial charge in [0.25, 0.3) is 0 Å². The molecular formula is C17H26N2O. The van der Waals surface area contributed by atoms with Gasteiger partial charge in [-0.25, -0.2) is 0 Å². The summed E-state index contributed by atoms with van der Waals surface area (Å²) in [5.74, 6) is -0.267. The van der Waals surface area contributed by atoms with Gasteiger partial charge in [-0.1, -0.05) is 25.1 Å². The molecule has 0 saturated carbocycles. The Morgan fingerprint density at radius 3 is 2.80 bits per heavy atom. The molecule has 110 valence electrons. The molecule has 3 nitrogen and oxygen atoms in total. The van der Waals surface area contributed by atoms with E-state index in [0.717, 1.165) is 37.9 Å². The molecule has 0 aromatic heterocycles. The van der Waals surface area contributed by atoms with Crippen LogP contribution in [0.15, 0.2) is 18.2 Å². The minimum absolute atomic E-state index is 0.0832. The van der Waals surface area contributed by atoms with E-state index in [0.29, 0.717) is 6.04 Å². The largest absolute Gasteiger partial charge is 0.369 e. The highest BCUT2D eigenvalue weighted by Crippen LogP contribution is 2.32. The standard InChI is InChI=1S/C17H26N2O/c1-4-19(12(2)3)11-13-8-9-15-14(10-13)6-5-7-16(15)17(18)20/h8-10,12,16H,4-7,11H2,1-3H3,(H2,18,20). The molecule has 1 amide bonds. The summed E-state index contributed by atoms with van der Waals surface area (Å²) in [6, 6.07) is 7.10. The maximum Gasteiger partial charge on any atom is 0.224 e. The molecule has 2 rings (SSSR count). The van der Waals surface area contributed by atoms with Gasteiger partial charge in [-0.3, -0.25) is 9.69 Å². The highest BCUT2D eigenvalue weighted by Gasteiger charge is 2.24. The third-order valence-corrected chi connectivity index (χ3v) is 4.39. The Kier molecular flexibility index (Phi) is 4.81. The fraction of sp³-hybridized carbons (Fsp3) is 0.588. The second-order valence-corrected chi connectivity index (χ2v) is 6.04. The minimum atomic E-state index is -0.184. The number of hydrogen-bond acceptors (Lipinski definition) is 2. The van der Waals surface area contributed by atoms with Crippen molar-refractivity contribution in [3.05, 3.63) is 34.9 Å². The van der Waals surface area contributed by atoms with Gasteiger partial charge in [0, 0.05) is 12.6 Å². The summed E-state index contributed by atoms with van der Waals surface area (Å²) in [6.45, 7) is 8.68. The quantitative estimate of drug-likeness (QED) is 0.897. The van der Waals surface area contributed by atoms with Crippen LogP contribution in [0.3, 0.4) is 0 Å². The molecule has 1 atom stereocenters. The predicted octanol–water partition coefficient (Wildman–Crippen LogP) is 2.82. The number of nitrogens with zero attached hydrogens (tertiary/aromatic N) is 1. The first-order valence-electron chi connectivity index (χ1n) is 7.68. The molecule has 0 radical (unpaired) electrons. The SMILES string of the molecule is CCN(Cc1ccc2c(c1)CCCC2C(N)=O)C(C)C. The average molecular weight is 274 g/mol. The van der Waals surface area contributed by atoms with E-state index < -0.39 is 0 Å². The molecule has 2 N–H and O–H groups in total. The zero-order chi connectivity index (χ0) is 14.7. The number of carbonyl (C=O) groups is 1. The Labute approximate surface area is 122 Å². The Bertz CT molecular complexity index is 482. The monoisotopic (exact) mass is 274 g/mol. The number of rotatable bonds is 5. The van der Waals surface area contributed by atoms with Gasteiger partial charge in [0.1, 0.15) is 0 Å². The van der Waals surface area contributed by atoms with Crippen LogP contribution in [0.5, 0.6) is 0 Å². The van der Waals surface area contributed by atoms with E-state index in [2.05, 4.69) is 43.9 Å². The summed E-state index contributed by atoms with van der Waals surface area (Å²) >= 11 is 0. The molecule has 1 aromatic rings. The minimum Gasteiger partial charge on any atom is -0.369 e. The molecule has 1 unspecified atom stereocenters. The van der Waals surface area contributed by atoms with Crippen LogP contribution in [-0.4, -0.2) is 23.4 Å². The van der Waals surface area contributed by atoms with Gasteiger partial charge < -0.3 is 5.73 Å². The van der Waals surface area contributed by atoms with Crippen LogP contribution in [0.2, 0.25) is 0 Å². The van der Waals surface area contributed by atoms with Gasteiger partial charge in [-0.05, 0) is 56.3 Å². The van der Waals surface area contributed by atoms with Crippen molar-refractivity contribution in [1.29, 1.82) is 0 Å². The van der Waals surface area contributed by atoms with Crippen LogP contribution in [0.25, 0.3) is 0 Å². The lowest BCUT2D eigenvalue weighted by Crippen LogP contribution is -2.30. The van der Waals surface area contributed by atoms with Crippen molar-refractivity contribution in [3.63, 3.8) is 0 Å². The Hall–Kier alpha value is -1.35. The second-order valence-electron chi connectivity index (χ2n) is 6.04. The zero-order valence-corrected chi connectivity index (χ0v) is 12.9. The number of amides is 1. The van der Waals surface area contributed by atoms with Crippen molar-refractivity contribution >= 4 is 5.91 Å². The fourth-order valence-electron chi connectivity index (χ4n) is 3.16. The molecule has 0 aliphatic heterocycles. The van der Waals surface area contributed by atoms with Crippen LogP contribution < -0.4 is 5.73 Å². The van der Waals surface area contributed by atoms with Crippen LogP contribution in [-0.2, 0) is 17.8 Å². The number of aryl methyl sites for hydroxylation is 1. The smallest absolute Gasteiger partial charge is 0.224 e. The van der Waals surface area contributed by atoms with Crippen LogP contribution in [0.1, 0.15) is 56.2 Å². The molecule has 0 saturated heterocycles. The molecule has 20 heavy (non-hydrogen) atoms. The van der Waals surface area contributed by atoms with Crippen LogP contribution >= 0.6 is 0 Å². The number of primary amides is 1. The number of carbonyl (C=O) groups excluding carboxylic acids is 1. The Morgan fingerprint density at radius 2 is 2.20 bits per heavy atom. The molecule has 1 aromatic carbocycles. The molecule has 0 fully saturated rings. The van der Waals surface area contributed by atoms with Crippen molar-refractivity contribution in [2.24, 2.45) is 5.73 Å². The van der Waals surface area contributed by atoms with Crippen molar-refractivity contribution in [3.8, 4) is 0 Å². The third-order valence-electron chi connectivity index (χ3n) is 4.39. The highest BCUT2D eigenvalue weighted by molar-refractivity contribution is 5.82. The van der Waals surface area contributed by atoms with E-state index >= 15 is 0 Å². The molecule has 0 bridgehead atoms. The van der Waals surface area contributed by atoms with Gasteiger partial charge in [-0.2, -0.15) is 0 Å². The van der Waals surface area contributed by atoms with E-state index in [1.807, 2.05) is 0 Å². The lowest BCUT2D eigenvalue weighted by molar-refractivity contribution is -0.119. The predicted molar refractivity (Wildman–Crippen MR) is 82.5 cm³/mol. The molecule has 0 spiro atoms. The zero-order valence-electron chi connectivity index (χ0n) is 12.9. The van der Waals surface area contributed by atoms with Gasteiger partial charge in [-0.15, -0.1) is 0 Å². The third kappa shape index (κ3) is 3.21. The van der Waals surface area contributed by atoms with Crippen molar-refractivity contribution in [1.82, 2.24) is 4.90 Å². The van der Waals surface area contributed by atoms with E-state index in [1.54, 1.807) is 0 Å². The average Bonchev–Trinajstić information content (AvgIpc) is 2.43. The summed E-state index contributed by atoms with van der Waals surface area (Å²) in [4.78, 5) is 14.0. The normalized spacial score (nSPS) is 18.4. The molecule has 0 heterocycles. The summed E-state index contributed by atoms with van der Waals surface area (Å²) in [5, 5.41) is 0. The maximum atomic E-state index is 11.5. The number of nitrogens with two attached hydrogens (primary N) is 1. The topological polar surface area (TPSA) is 46.3 Å². The summed E-state index contributed by atoms with van der Waals surface area (Å²) in [6.07, 6.45) is 3.03. The van der Waals surface area contributed by atoms with Gasteiger partial charge in [0.05, 0.1) is 5.92 Å². The van der Waals surface area contributed by atoms with Crippen molar-refractivity contribution in [2.45, 2.75) is 58.5 Å². The highest BCUT2D eigenvalue weighted by atomic mass is 16.1. The lowest BCUT2D eigenvalue weighted by atomic mass is 9.81. The van der Waals surface area contributed by atoms with Crippen molar-refractivity contribution < 1.29 is 4.79 Å². The van der Waals surface area contributed by atoms with Crippen molar-refractivity contribution in [2.75, 3.05) is 6.54 Å². The molecule has 3 heteroatoms. The van der Waals surface area contributed by atoms with Gasteiger partial charge in [0.2, 0.25) is 5.91 Å². The second kappa shape index (κ2) is 6.40. The Balaban J connectivity index is 2.21. The lowest BCUT2D eigenvalue weighted by Gasteiger charge is -2.27. The van der Waals surface area contributed by atoms with E-state index in [9.17, 15) is 4.79 Å². The van der Waals surface area contributed by atoms with Gasteiger partial charge >= 0.3 is 0 Å². The summed E-state index contributed by atoms with van der Waals surface area (Å²) in [5.41, 5.74) is 9.32. The number of hydrogen-bond donors (Lipinski definition) is 1. The van der Waals surface area contributed by atoms with Crippen LogP contribution in [0, 0.1) is 0 Å². The first-order valence-corrected chi connectivity index (χ1v) is 7.68.